The van der Waals surface area contributed by atoms with Crippen molar-refractivity contribution in [1.82, 2.24) is 79.0 Å². The second-order valence-corrected chi connectivity index (χ2v) is 19.4. The van der Waals surface area contributed by atoms with Gasteiger partial charge in [0.1, 0.15) is 39.1 Å². The van der Waals surface area contributed by atoms with E-state index in [-0.39, 0.29) is 134 Å². The van der Waals surface area contributed by atoms with Crippen LogP contribution in [-0.2, 0) is 157 Å². The molecule has 10 heterocycles. The summed E-state index contributed by atoms with van der Waals surface area (Å²) in [6, 6.07) is 22.3. The van der Waals surface area contributed by atoms with Crippen LogP contribution < -0.4 is 0 Å². The third-order valence-corrected chi connectivity index (χ3v) is 8.75. The first kappa shape index (κ1) is 94.1. The number of thiazole rings is 1. The monoisotopic (exact) mass is 2220 g/mol. The van der Waals surface area contributed by atoms with Gasteiger partial charge in [-0.1, -0.05) is 61.9 Å². The fourth-order valence-electron chi connectivity index (χ4n) is 5.04. The van der Waals surface area contributed by atoms with Crippen molar-refractivity contribution in [3.8, 4) is 6.07 Å². The Morgan fingerprint density at radius 1 is 0.694 bits per heavy atom. The summed E-state index contributed by atoms with van der Waals surface area (Å²) >= 11 is 1.67. The van der Waals surface area contributed by atoms with Gasteiger partial charge < -0.3 is 43.5 Å². The number of nitrogens with zero attached hydrogens (tertiary/aromatic N) is 17. The van der Waals surface area contributed by atoms with Crippen molar-refractivity contribution in [2.75, 3.05) is 12.5 Å². The van der Waals surface area contributed by atoms with Crippen LogP contribution >= 0.6 is 11.3 Å². The van der Waals surface area contributed by atoms with Crippen LogP contribution in [0, 0.1) is 97.1 Å². The van der Waals surface area contributed by atoms with Gasteiger partial charge in [-0.05, 0) is 78.6 Å². The minimum absolute atomic E-state index is 0. The van der Waals surface area contributed by atoms with Gasteiger partial charge in [0.25, 0.3) is 0 Å². The Hall–Kier alpha value is -4.56. The first-order valence-corrected chi connectivity index (χ1v) is 26.1. The van der Waals surface area contributed by atoms with Crippen LogP contribution in [0.5, 0.6) is 0 Å². The Morgan fingerprint density at radius 3 is 1.59 bits per heavy atom. The van der Waals surface area contributed by atoms with Crippen LogP contribution in [0.25, 0.3) is 32.8 Å². The first-order chi connectivity index (χ1) is 36.8. The number of benzene rings is 1. The summed E-state index contributed by atoms with van der Waals surface area (Å²) in [6.45, 7) is 16.3. The van der Waals surface area contributed by atoms with Crippen LogP contribution in [0.15, 0.2) is 114 Å². The molecule has 30 heteroatoms. The second kappa shape index (κ2) is 53.7. The Morgan fingerprint density at radius 2 is 1.21 bits per heavy atom. The number of aromatic nitrogens is 16. The molecule has 10 aromatic heterocycles. The van der Waals surface area contributed by atoms with Gasteiger partial charge in [0.15, 0.2) is 5.89 Å². The van der Waals surface area contributed by atoms with Crippen LogP contribution in [-0.4, -0.2) is 106 Å². The molecule has 0 aliphatic carbocycles. The summed E-state index contributed by atoms with van der Waals surface area (Å²) in [6.07, 6.45) is 29.5. The zero-order valence-corrected chi connectivity index (χ0v) is 68.0. The van der Waals surface area contributed by atoms with Crippen molar-refractivity contribution in [2.45, 2.75) is 82.6 Å². The molecule has 0 atom stereocenters. The maximum Gasteiger partial charge on any atom is 0.242 e. The third-order valence-electron chi connectivity index (χ3n) is 8.04. The van der Waals surface area contributed by atoms with Crippen molar-refractivity contribution < 1.29 is 148 Å². The molecule has 0 aliphatic rings. The molecule has 20 nitrogen and oxygen atoms in total. The van der Waals surface area contributed by atoms with Gasteiger partial charge in [-0.25, -0.2) is 41.8 Å². The number of oxazole rings is 1. The number of aryl methyl sites for hydroxylation is 10. The molecule has 458 valence electrons. The van der Waals surface area contributed by atoms with E-state index >= 15 is 0 Å². The standard InChI is InChI=1S/2C8H7N2.C7H7N3.C6H9N3.C6H5N.C4H3N3.C4H5NO.C4H5NS.C3H6F2.C2H3N.C2H6O2S.CH4.6W/c2*1-10-5-3-7-6-9-4-2-8(7)10;1-10-7-5-3-2-4-6(7)8-9-10;1-4-7-5(2)9-6(3)8-4;1-6-2-4-7-5-3-6;1-4-6-2-5-3-7-4;2*1-4-5-2-3-6-4;1-3(2,4)5;1-2-3;1-5(2,3)4;;;;;;;/h2,4-6H,1H3;2*2-5H,1H3;1-3H3;2-3H,1H3;1H3;2*2-3H,1H3;1-2H3;1H3;1-2H3;1H4;;;;;;/q2*-1;;;2*-2;;;;;;;;;;;;. The van der Waals surface area contributed by atoms with Gasteiger partial charge in [0, 0.05) is 185 Å². The van der Waals surface area contributed by atoms with Gasteiger partial charge in [0.05, 0.1) is 22.8 Å². The molecule has 0 unspecified atom stereocenters. The molecule has 0 aliphatic heterocycles. The number of fused-ring (bicyclic) bond motifs is 3. The van der Waals surface area contributed by atoms with Crippen molar-refractivity contribution in [2.24, 2.45) is 21.1 Å². The molecule has 0 spiro atoms. The number of sulfone groups is 1. The Balaban J connectivity index is -0.000000158. The number of halogens is 2. The number of hydrogen-bond acceptors (Lipinski definition) is 18. The third kappa shape index (κ3) is 50.2. The first-order valence-electron chi connectivity index (χ1n) is 23.0. The Kier molecular flexibility index (Phi) is 59.4. The van der Waals surface area contributed by atoms with E-state index in [1.54, 1.807) is 67.0 Å². The predicted octanol–water partition coefficient (Wildman–Crippen LogP) is 10.2. The van der Waals surface area contributed by atoms with E-state index < -0.39 is 15.8 Å². The predicted molar refractivity (Wildman–Crippen MR) is 304 cm³/mol. The van der Waals surface area contributed by atoms with E-state index in [4.69, 9.17) is 9.68 Å². The van der Waals surface area contributed by atoms with Gasteiger partial charge in [-0.15, -0.1) is 46.7 Å². The normalized spacial score (nSPS) is 8.89. The Labute approximate surface area is 589 Å². The van der Waals surface area contributed by atoms with Crippen LogP contribution in [0.4, 0.5) is 8.78 Å². The minimum Gasteiger partial charge on any atom is -0.543 e. The number of para-hydroxylation sites is 1. The molecule has 0 saturated carbocycles. The number of hydrogen-bond donors (Lipinski definition) is 0. The maximum absolute atomic E-state index is 11.0. The SMILES string of the molecule is C.CC#N.CC(C)(F)F.CS(C)(=O)=O.Cc1c[c-]n[c-]c1.Cc1n[c-]n[c-]n1.Cc1nc(C)nc(C)n1.Cc1ncco1.Cc1nccs1.Cn1c[c-]c2cnccc21.Cn1ccc2[c-]nccc21.Cn1nnc2ccccc21.[W].[W].[W].[W].[W].[W]. The van der Waals surface area contributed by atoms with Crippen molar-refractivity contribution >= 4 is 54.0 Å². The van der Waals surface area contributed by atoms with E-state index in [0.717, 1.165) is 82.1 Å². The van der Waals surface area contributed by atoms with Gasteiger partial charge in [-0.2, -0.15) is 29.4 Å². The molecule has 11 rings (SSSR count). The molecule has 85 heavy (non-hydrogen) atoms. The van der Waals surface area contributed by atoms with Gasteiger partial charge in [0.2, 0.25) is 5.92 Å². The molecular weight excluding hydrogens is 2150 g/mol. The second-order valence-electron chi connectivity index (χ2n) is 16.0. The fourth-order valence-corrected chi connectivity index (χ4v) is 5.48. The fraction of sp³-hybridized carbons (Fsp3) is 0.309. The Bertz CT molecular complexity index is 3160. The van der Waals surface area contributed by atoms with E-state index in [2.05, 4.69) is 102 Å². The molecule has 0 radical (unpaired) electrons. The van der Waals surface area contributed by atoms with Crippen molar-refractivity contribution in [3.05, 3.63) is 187 Å². The summed E-state index contributed by atoms with van der Waals surface area (Å²) in [7, 11) is 3.23. The van der Waals surface area contributed by atoms with E-state index in [9.17, 15) is 17.2 Å². The number of pyridine rings is 3. The summed E-state index contributed by atoms with van der Waals surface area (Å²) in [4.78, 5) is 41.8. The average Bonchev–Trinajstić information content (AvgIpc) is 4.25. The zero-order chi connectivity index (χ0) is 58.5. The maximum atomic E-state index is 11.0. The summed E-state index contributed by atoms with van der Waals surface area (Å²) in [5, 5.41) is 20.4. The number of alkyl halides is 2. The molecule has 11 aromatic rings. The van der Waals surface area contributed by atoms with Gasteiger partial charge >= 0.3 is 0 Å². The van der Waals surface area contributed by atoms with Crippen LogP contribution in [0.1, 0.15) is 68.0 Å². The van der Waals surface area contributed by atoms with Crippen molar-refractivity contribution in [1.29, 1.82) is 5.26 Å². The minimum atomic E-state index is -2.67. The summed E-state index contributed by atoms with van der Waals surface area (Å²) < 4.78 is 51.9. The van der Waals surface area contributed by atoms with E-state index in [1.165, 1.54) is 18.0 Å². The quantitative estimate of drug-likeness (QED) is 0.128. The number of nitriles is 1. The van der Waals surface area contributed by atoms with Gasteiger partial charge in [-0.3, -0.25) is 35.1 Å². The molecule has 0 amide bonds. The topological polar surface area (TPSA) is 253 Å². The number of rotatable bonds is 0. The van der Waals surface area contributed by atoms with Crippen molar-refractivity contribution in [3.63, 3.8) is 0 Å². The smallest absolute Gasteiger partial charge is 0.242 e. The average molecular weight is 2220 g/mol. The largest absolute Gasteiger partial charge is 0.543 e. The van der Waals surface area contributed by atoms with Crippen LogP contribution in [0.2, 0.25) is 0 Å². The summed E-state index contributed by atoms with van der Waals surface area (Å²) in [5.74, 6) is 1.24. The van der Waals surface area contributed by atoms with E-state index in [1.807, 2.05) is 143 Å². The molecule has 0 fully saturated rings. The molecular formula is C55H67F2N17O3S2W6-6. The molecule has 0 bridgehead atoms. The van der Waals surface area contributed by atoms with Crippen LogP contribution in [0.3, 0.4) is 0 Å². The molecule has 1 aromatic carbocycles. The summed E-state index contributed by atoms with van der Waals surface area (Å²) in [5.41, 5.74) is 5.52. The zero-order valence-electron chi connectivity index (χ0n) is 48.7. The van der Waals surface area contributed by atoms with E-state index in [0.29, 0.717) is 5.82 Å². The molecule has 0 saturated heterocycles. The molecule has 0 N–H and O–H groups in total.